The van der Waals surface area contributed by atoms with Crippen molar-refractivity contribution >= 4 is 35.6 Å². The molecule has 1 amide bonds. The quantitative estimate of drug-likeness (QED) is 0.494. The van der Waals surface area contributed by atoms with Gasteiger partial charge < -0.3 is 15.8 Å². The van der Waals surface area contributed by atoms with Crippen LogP contribution in [0.3, 0.4) is 0 Å². The number of halogens is 2. The van der Waals surface area contributed by atoms with E-state index < -0.39 is 10.5 Å². The molecule has 0 spiro atoms. The molecule has 0 radical (unpaired) electrons. The molecule has 1 atom stereocenters. The molecule has 0 aliphatic rings. The van der Waals surface area contributed by atoms with Crippen LogP contribution in [-0.2, 0) is 4.79 Å². The van der Waals surface area contributed by atoms with Crippen molar-refractivity contribution in [2.75, 3.05) is 13.2 Å². The average molecular weight is 394 g/mol. The lowest BCUT2D eigenvalue weighted by Gasteiger charge is -2.31. The van der Waals surface area contributed by atoms with Gasteiger partial charge in [0.15, 0.2) is 5.75 Å². The summed E-state index contributed by atoms with van der Waals surface area (Å²) in [5.74, 6) is 0.271. The van der Waals surface area contributed by atoms with E-state index in [2.05, 4.69) is 19.2 Å². The number of benzene rings is 1. The fraction of sp³-hybridized carbons (Fsp3) is 0.562. The fourth-order valence-electron chi connectivity index (χ4n) is 2.49. The number of amides is 1. The minimum Gasteiger partial charge on any atom is -0.486 e. The van der Waals surface area contributed by atoms with Crippen LogP contribution in [0.4, 0.5) is 5.69 Å². The van der Waals surface area contributed by atoms with E-state index in [4.69, 9.17) is 22.1 Å². The van der Waals surface area contributed by atoms with Crippen LogP contribution in [0, 0.1) is 16.0 Å². The maximum absolute atomic E-state index is 12.1. The molecule has 1 aromatic rings. The molecule has 0 saturated heterocycles. The van der Waals surface area contributed by atoms with E-state index in [1.165, 1.54) is 18.2 Å². The van der Waals surface area contributed by atoms with Crippen LogP contribution in [0.25, 0.3) is 0 Å². The third-order valence-corrected chi connectivity index (χ3v) is 3.69. The van der Waals surface area contributed by atoms with Gasteiger partial charge in [0.2, 0.25) is 5.91 Å². The Balaban J connectivity index is 0.00000576. The summed E-state index contributed by atoms with van der Waals surface area (Å²) in [5.41, 5.74) is 5.06. The van der Waals surface area contributed by atoms with E-state index in [0.717, 1.165) is 6.42 Å². The van der Waals surface area contributed by atoms with Crippen molar-refractivity contribution in [1.29, 1.82) is 0 Å². The summed E-state index contributed by atoms with van der Waals surface area (Å²) in [6.45, 7) is 6.37. The molecule has 142 valence electrons. The van der Waals surface area contributed by atoms with Crippen LogP contribution in [-0.4, -0.2) is 29.5 Å². The molecule has 0 aliphatic carbocycles. The van der Waals surface area contributed by atoms with E-state index in [0.29, 0.717) is 12.5 Å². The third kappa shape index (κ3) is 7.90. The molecule has 0 saturated carbocycles. The van der Waals surface area contributed by atoms with Crippen molar-refractivity contribution in [3.63, 3.8) is 0 Å². The molecule has 9 heteroatoms. The molecule has 7 nitrogen and oxygen atoms in total. The highest BCUT2D eigenvalue weighted by atomic mass is 35.5. The second-order valence-electron chi connectivity index (χ2n) is 6.38. The molecule has 1 unspecified atom stereocenters. The number of ether oxygens (including phenoxy) is 1. The summed E-state index contributed by atoms with van der Waals surface area (Å²) in [7, 11) is 0. The highest BCUT2D eigenvalue weighted by Crippen LogP contribution is 2.29. The number of nitro benzene ring substituents is 1. The molecule has 1 rings (SSSR count). The van der Waals surface area contributed by atoms with Gasteiger partial charge in [-0.3, -0.25) is 14.9 Å². The smallest absolute Gasteiger partial charge is 0.312 e. The van der Waals surface area contributed by atoms with Gasteiger partial charge in [0.1, 0.15) is 0 Å². The first kappa shape index (κ1) is 23.4. The van der Waals surface area contributed by atoms with Crippen LogP contribution in [0.1, 0.15) is 33.6 Å². The Labute approximate surface area is 158 Å². The van der Waals surface area contributed by atoms with Gasteiger partial charge in [-0.2, -0.15) is 0 Å². The number of carbonyl (C=O) groups excluding carboxylic acids is 1. The summed E-state index contributed by atoms with van der Waals surface area (Å²) < 4.78 is 5.36. The highest BCUT2D eigenvalue weighted by Gasteiger charge is 2.25. The van der Waals surface area contributed by atoms with Crippen molar-refractivity contribution < 1.29 is 14.5 Å². The summed E-state index contributed by atoms with van der Waals surface area (Å²) in [6.07, 6.45) is 0.840. The predicted molar refractivity (Wildman–Crippen MR) is 101 cm³/mol. The second kappa shape index (κ2) is 10.4. The van der Waals surface area contributed by atoms with Crippen molar-refractivity contribution in [2.24, 2.45) is 11.7 Å². The van der Waals surface area contributed by atoms with E-state index in [-0.39, 0.29) is 47.8 Å². The predicted octanol–water partition coefficient (Wildman–Crippen LogP) is 3.32. The maximum atomic E-state index is 12.1. The fourth-order valence-corrected chi connectivity index (χ4v) is 2.66. The molecule has 0 aromatic heterocycles. The van der Waals surface area contributed by atoms with Crippen LogP contribution in [0.5, 0.6) is 5.75 Å². The maximum Gasteiger partial charge on any atom is 0.312 e. The first-order valence-electron chi connectivity index (χ1n) is 7.74. The molecular weight excluding hydrogens is 369 g/mol. The lowest BCUT2D eigenvalue weighted by molar-refractivity contribution is -0.385. The Bertz CT molecular complexity index is 599. The average Bonchev–Trinajstić information content (AvgIpc) is 2.47. The standard InChI is InChI=1S/C16H24ClN3O4.ClH/c1-11(2)9-16(3,10-18)19-15(21)6-7-24-14-5-4-12(17)8-13(14)20(22)23;/h4-5,8,11H,6-7,9-10,18H2,1-3H3,(H,19,21);1H. The van der Waals surface area contributed by atoms with Crippen molar-refractivity contribution in [3.05, 3.63) is 33.3 Å². The Morgan fingerprint density at radius 2 is 2.12 bits per heavy atom. The SMILES string of the molecule is CC(C)CC(C)(CN)NC(=O)CCOc1ccc(Cl)cc1[N+](=O)[O-].Cl. The summed E-state index contributed by atoms with van der Waals surface area (Å²) in [5, 5.41) is 14.1. The van der Waals surface area contributed by atoms with Gasteiger partial charge in [-0.1, -0.05) is 25.4 Å². The lowest BCUT2D eigenvalue weighted by Crippen LogP contribution is -2.52. The molecule has 25 heavy (non-hydrogen) atoms. The second-order valence-corrected chi connectivity index (χ2v) is 6.81. The van der Waals surface area contributed by atoms with E-state index >= 15 is 0 Å². The number of nitrogens with zero attached hydrogens (tertiary/aromatic N) is 1. The topological polar surface area (TPSA) is 107 Å². The minimum atomic E-state index is -0.574. The van der Waals surface area contributed by atoms with Crippen molar-refractivity contribution in [1.82, 2.24) is 5.32 Å². The van der Waals surface area contributed by atoms with Gasteiger partial charge >= 0.3 is 5.69 Å². The van der Waals surface area contributed by atoms with Gasteiger partial charge in [-0.05, 0) is 31.4 Å². The molecular formula is C16H25Cl2N3O4. The van der Waals surface area contributed by atoms with Gasteiger partial charge in [0.05, 0.1) is 18.0 Å². The normalized spacial score (nSPS) is 12.9. The molecule has 3 N–H and O–H groups in total. The first-order valence-corrected chi connectivity index (χ1v) is 8.12. The Kier molecular flexibility index (Phi) is 9.77. The summed E-state index contributed by atoms with van der Waals surface area (Å²) in [4.78, 5) is 22.5. The Morgan fingerprint density at radius 3 is 2.64 bits per heavy atom. The van der Waals surface area contributed by atoms with E-state index in [9.17, 15) is 14.9 Å². The van der Waals surface area contributed by atoms with Crippen molar-refractivity contribution in [3.8, 4) is 5.75 Å². The molecule has 0 heterocycles. The van der Waals surface area contributed by atoms with Crippen LogP contribution in [0.15, 0.2) is 18.2 Å². The van der Waals surface area contributed by atoms with Gasteiger partial charge in [-0.25, -0.2) is 0 Å². The monoisotopic (exact) mass is 393 g/mol. The Morgan fingerprint density at radius 1 is 1.48 bits per heavy atom. The van der Waals surface area contributed by atoms with Crippen molar-refractivity contribution in [2.45, 2.75) is 39.2 Å². The van der Waals surface area contributed by atoms with Crippen LogP contribution < -0.4 is 15.8 Å². The zero-order valence-corrected chi connectivity index (χ0v) is 16.2. The zero-order valence-electron chi connectivity index (χ0n) is 14.6. The molecule has 1 aromatic carbocycles. The molecule has 0 bridgehead atoms. The van der Waals surface area contributed by atoms with Gasteiger partial charge in [0.25, 0.3) is 0 Å². The van der Waals surface area contributed by atoms with Gasteiger partial charge in [-0.15, -0.1) is 12.4 Å². The number of hydrogen-bond donors (Lipinski definition) is 2. The van der Waals surface area contributed by atoms with Crippen LogP contribution >= 0.6 is 24.0 Å². The number of nitrogens with two attached hydrogens (primary N) is 1. The molecule has 0 fully saturated rings. The third-order valence-electron chi connectivity index (χ3n) is 3.45. The number of nitro groups is 1. The Hall–Kier alpha value is -1.57. The number of rotatable bonds is 9. The zero-order chi connectivity index (χ0) is 18.3. The minimum absolute atomic E-state index is 0. The lowest BCUT2D eigenvalue weighted by atomic mass is 9.90. The molecule has 0 aliphatic heterocycles. The van der Waals surface area contributed by atoms with E-state index in [1.54, 1.807) is 0 Å². The highest BCUT2D eigenvalue weighted by molar-refractivity contribution is 6.30. The van der Waals surface area contributed by atoms with E-state index in [1.807, 2.05) is 6.92 Å². The first-order chi connectivity index (χ1) is 11.2. The van der Waals surface area contributed by atoms with Crippen LogP contribution in [0.2, 0.25) is 5.02 Å². The number of nitrogens with one attached hydrogen (secondary N) is 1. The number of hydrogen-bond acceptors (Lipinski definition) is 5. The number of carbonyl (C=O) groups is 1. The largest absolute Gasteiger partial charge is 0.486 e. The van der Waals surface area contributed by atoms with Gasteiger partial charge in [0, 0.05) is 23.2 Å². The summed E-state index contributed by atoms with van der Waals surface area (Å²) in [6, 6.07) is 4.13. The summed E-state index contributed by atoms with van der Waals surface area (Å²) >= 11 is 5.74.